The van der Waals surface area contributed by atoms with Gasteiger partial charge in [-0.15, -0.1) is 0 Å². The van der Waals surface area contributed by atoms with Gasteiger partial charge in [0.2, 0.25) is 21.8 Å². The van der Waals surface area contributed by atoms with Crippen LogP contribution in [0.2, 0.25) is 0 Å². The zero-order chi connectivity index (χ0) is 38.8. The molecule has 29 heteroatoms. The van der Waals surface area contributed by atoms with Crippen molar-refractivity contribution in [2.45, 2.75) is 34.6 Å². The quantitative estimate of drug-likeness (QED) is 0.0411. The number of carboxylic acid groups (broad SMARTS) is 1. The molecule has 0 saturated carbocycles. The lowest BCUT2D eigenvalue weighted by molar-refractivity contribution is -0.134. The Morgan fingerprint density at radius 2 is 1.37 bits per heavy atom. The molecule has 0 atom stereocenters. The highest BCUT2D eigenvalue weighted by molar-refractivity contribution is 8.34. The number of nitrogens with two attached hydrogens (primary N) is 2. The number of methoxy groups -OCH3 is 2. The smallest absolute Gasteiger partial charge is 0.488 e. The molecule has 10 N–H and O–H groups in total. The van der Waals surface area contributed by atoms with Gasteiger partial charge in [-0.3, -0.25) is 29.4 Å². The van der Waals surface area contributed by atoms with Crippen LogP contribution in [-0.4, -0.2) is 82.3 Å². The molecule has 0 radical (unpaired) electrons. The molecule has 3 aromatic heterocycles. The van der Waals surface area contributed by atoms with E-state index < -0.39 is 28.5 Å². The lowest BCUT2D eigenvalue weighted by Gasteiger charge is -1.88. The van der Waals surface area contributed by atoms with Gasteiger partial charge in [-0.2, -0.15) is 18.0 Å². The number of halogens is 2. The number of aryl methyl sites for hydroxylation is 3. The van der Waals surface area contributed by atoms with Gasteiger partial charge in [0.25, 0.3) is 16.5 Å². The predicted octanol–water partition coefficient (Wildman–Crippen LogP) is 2.99. The number of ether oxygens (including phenoxy) is 2. The Balaban J connectivity index is -0.0000000874. The number of carbonyl (C=O) groups excluding carboxylic acids is 5. The molecule has 3 aromatic rings. The van der Waals surface area contributed by atoms with Crippen molar-refractivity contribution < 1.29 is 54.7 Å². The Hall–Kier alpha value is -4.56. The fourth-order valence-corrected chi connectivity index (χ4v) is 2.79. The number of carbonyl (C=O) groups is 6. The largest absolute Gasteiger partial charge is 0.561 e. The summed E-state index contributed by atoms with van der Waals surface area (Å²) in [4.78, 5) is 78.4. The van der Waals surface area contributed by atoms with Crippen LogP contribution < -0.4 is 21.9 Å². The van der Waals surface area contributed by atoms with E-state index in [1.165, 1.54) is 21.1 Å². The summed E-state index contributed by atoms with van der Waals surface area (Å²) in [5.41, 5.74) is 16.4. The van der Waals surface area contributed by atoms with Crippen molar-refractivity contribution in [3.63, 3.8) is 0 Å². The number of primary amides is 1. The molecule has 23 nitrogen and oxygen atoms in total. The highest BCUT2D eigenvalue weighted by Crippen LogP contribution is 2.10. The number of carboxylic acids is 1. The molecular weight excluding hydrogens is 785 g/mol. The third kappa shape index (κ3) is 45.6. The minimum absolute atomic E-state index is 0. The average Bonchev–Trinajstić information content (AvgIpc) is 3.78. The molecule has 0 unspecified atom stereocenters. The van der Waals surface area contributed by atoms with Crippen LogP contribution in [0.5, 0.6) is 0 Å². The van der Waals surface area contributed by atoms with Crippen LogP contribution in [0.3, 0.4) is 0 Å². The molecular formula is C20H33Cl2N11O12S4. The topological polar surface area (TPSA) is 383 Å². The SMILES string of the molecule is CC(=O)O.CC(N)=O.COC(=O)c1nc(C)ns1.Cc1nsc(=O)o1.Cc1nsc(C(=O)NN)n1.N=N.O.O=C(Cl)SCl.[C-]#[N+]C(=O)OC.[HH]. The fourth-order valence-electron chi connectivity index (χ4n) is 1.22. The van der Waals surface area contributed by atoms with Crippen LogP contribution in [0.1, 0.15) is 52.4 Å². The molecule has 0 aliphatic carbocycles. The highest BCUT2D eigenvalue weighted by atomic mass is 35.7. The zero-order valence-corrected chi connectivity index (χ0v) is 31.0. The summed E-state index contributed by atoms with van der Waals surface area (Å²) in [6.45, 7) is 13.4. The molecule has 0 aliphatic heterocycles. The van der Waals surface area contributed by atoms with E-state index in [0.717, 1.165) is 41.5 Å². The number of nitrogens with zero attached hydrogens (tertiary/aromatic N) is 6. The lowest BCUT2D eigenvalue weighted by Crippen LogP contribution is -2.29. The Kier molecular flexibility index (Phi) is 43.9. The molecule has 0 saturated heterocycles. The van der Waals surface area contributed by atoms with E-state index in [2.05, 4.69) is 59.2 Å². The number of hydrogen-bond donors (Lipinski definition) is 6. The Morgan fingerprint density at radius 1 is 0.980 bits per heavy atom. The van der Waals surface area contributed by atoms with Crippen molar-refractivity contribution in [2.24, 2.45) is 11.6 Å². The second-order valence-electron chi connectivity index (χ2n) is 6.34. The molecule has 0 aromatic carbocycles. The van der Waals surface area contributed by atoms with Crippen LogP contribution in [0.4, 0.5) is 9.59 Å². The lowest BCUT2D eigenvalue weighted by atomic mass is 10.6. The van der Waals surface area contributed by atoms with Crippen molar-refractivity contribution in [1.29, 1.82) is 11.1 Å². The summed E-state index contributed by atoms with van der Waals surface area (Å²) in [7, 11) is 7.74. The number of aromatic nitrogens is 5. The summed E-state index contributed by atoms with van der Waals surface area (Å²) in [5, 5.41) is 8.01. The van der Waals surface area contributed by atoms with Crippen LogP contribution >= 0.6 is 67.9 Å². The number of hydrazine groups is 1. The maximum atomic E-state index is 10.7. The summed E-state index contributed by atoms with van der Waals surface area (Å²) in [5.74, 6) is 4.49. The average molecular weight is 819 g/mol. The van der Waals surface area contributed by atoms with Crippen molar-refractivity contribution in [2.75, 3.05) is 14.2 Å². The molecule has 0 aliphatic rings. The minimum atomic E-state index is -0.866. The van der Waals surface area contributed by atoms with Crippen LogP contribution in [-0.2, 0) is 19.1 Å². The molecule has 49 heavy (non-hydrogen) atoms. The maximum absolute atomic E-state index is 10.7. The predicted molar refractivity (Wildman–Crippen MR) is 181 cm³/mol. The van der Waals surface area contributed by atoms with E-state index in [1.54, 1.807) is 20.8 Å². The second kappa shape index (κ2) is 37.9. The van der Waals surface area contributed by atoms with E-state index >= 15 is 0 Å². The normalized spacial score (nSPS) is 7.78. The summed E-state index contributed by atoms with van der Waals surface area (Å²) in [6.07, 6.45) is -0.866. The molecule has 278 valence electrons. The molecule has 0 spiro atoms. The molecule has 3 heterocycles. The van der Waals surface area contributed by atoms with Crippen LogP contribution in [0.25, 0.3) is 4.85 Å². The first-order chi connectivity index (χ1) is 22.3. The summed E-state index contributed by atoms with van der Waals surface area (Å²) < 4.78 is 23.4. The molecule has 0 fully saturated rings. The van der Waals surface area contributed by atoms with Gasteiger partial charge in [0.05, 0.1) is 14.2 Å². The number of aliphatic carboxylic acids is 1. The van der Waals surface area contributed by atoms with E-state index in [1.807, 2.05) is 5.43 Å². The number of nitrogens with one attached hydrogen (secondary N) is 3. The van der Waals surface area contributed by atoms with Gasteiger partial charge >= 0.3 is 17.0 Å². The van der Waals surface area contributed by atoms with Gasteiger partial charge in [0, 0.05) is 44.7 Å². The number of amides is 3. The van der Waals surface area contributed by atoms with Gasteiger partial charge in [-0.1, -0.05) is 0 Å². The second-order valence-corrected chi connectivity index (χ2v) is 10.1. The van der Waals surface area contributed by atoms with E-state index in [-0.39, 0.29) is 17.7 Å². The number of esters is 1. The standard InChI is InChI=1S/C5H6N2O2S.C4H6N4OS.C3H3NO2S.C3H3NO2.C2H5NO.C2H4O2.CCl2OS.H2N2.H2O.H2/c1-3-6-4(10-7-3)5(8)9-2;1-2-6-4(10-8-2)3(9)7-5;1-2-4-7-3(5)6-2;1-4-3(5)6-2;2*1-2(3)4;2-1(4)5-3;1-2;;/h1-2H3;5H2,1H3,(H,7,9);1H3;2H3;1H3,(H2,3,4);1H3,(H,3,4);;1-2H;1H2;1H. The van der Waals surface area contributed by atoms with E-state index in [0.29, 0.717) is 38.5 Å². The highest BCUT2D eigenvalue weighted by Gasteiger charge is 2.09. The number of hydrogen-bond acceptors (Lipinski definition) is 22. The van der Waals surface area contributed by atoms with Crippen molar-refractivity contribution in [1.82, 2.24) is 28.5 Å². The third-order valence-corrected chi connectivity index (χ3v) is 5.73. The first kappa shape index (κ1) is 56.8. The zero-order valence-electron chi connectivity index (χ0n) is 26.3. The Bertz CT molecular complexity index is 1410. The summed E-state index contributed by atoms with van der Waals surface area (Å²) >= 11 is 7.56. The van der Waals surface area contributed by atoms with Crippen molar-refractivity contribution >= 4 is 102 Å². The number of rotatable bonds is 2. The van der Waals surface area contributed by atoms with Gasteiger partial charge < -0.3 is 30.2 Å². The molecule has 3 rings (SSSR count). The first-order valence-corrected chi connectivity index (χ1v) is 15.4. The fraction of sp³-hybridized carbons (Fsp3) is 0.350. The van der Waals surface area contributed by atoms with E-state index in [9.17, 15) is 28.8 Å². The van der Waals surface area contributed by atoms with Gasteiger partial charge in [0.1, 0.15) is 18.2 Å². The number of nitrogen functional groups attached to an aromatic ring is 1. The third-order valence-electron chi connectivity index (χ3n) is 2.55. The van der Waals surface area contributed by atoms with Crippen LogP contribution in [0, 0.1) is 38.4 Å². The molecule has 3 amide bonds. The van der Waals surface area contributed by atoms with Crippen LogP contribution in [0.15, 0.2) is 9.21 Å². The molecule has 0 bridgehead atoms. The minimum Gasteiger partial charge on any atom is -0.488 e. The van der Waals surface area contributed by atoms with Gasteiger partial charge in [0.15, 0.2) is 0 Å². The van der Waals surface area contributed by atoms with E-state index in [4.69, 9.17) is 44.1 Å². The monoisotopic (exact) mass is 817 g/mol. The van der Waals surface area contributed by atoms with Crippen molar-refractivity contribution in [3.8, 4) is 0 Å². The van der Waals surface area contributed by atoms with Crippen molar-refractivity contribution in [3.05, 3.63) is 48.7 Å². The first-order valence-electron chi connectivity index (χ1n) is 11.1. The van der Waals surface area contributed by atoms with Gasteiger partial charge in [-0.05, 0) is 59.2 Å². The van der Waals surface area contributed by atoms with Gasteiger partial charge in [-0.25, -0.2) is 36.5 Å². The Labute approximate surface area is 304 Å². The summed E-state index contributed by atoms with van der Waals surface area (Å²) in [6, 6.07) is 0. The maximum Gasteiger partial charge on any atom is 0.561 e. The Morgan fingerprint density at radius 3 is 1.53 bits per heavy atom.